The van der Waals surface area contributed by atoms with Gasteiger partial charge in [0.25, 0.3) is 0 Å². The number of piperidine rings is 1. The molecule has 2 aliphatic rings. The summed E-state index contributed by atoms with van der Waals surface area (Å²) in [5, 5.41) is 2.95. The van der Waals surface area contributed by atoms with E-state index in [1.807, 2.05) is 23.1 Å². The molecule has 2 fully saturated rings. The minimum Gasteiger partial charge on any atom is -0.352 e. The third-order valence-corrected chi connectivity index (χ3v) is 4.83. The van der Waals surface area contributed by atoms with Crippen molar-refractivity contribution in [1.29, 1.82) is 0 Å². The summed E-state index contributed by atoms with van der Waals surface area (Å²) in [6.45, 7) is 3.26. The normalized spacial score (nSPS) is 20.5. The second-order valence-corrected chi connectivity index (χ2v) is 6.87. The third kappa shape index (κ3) is 4.02. The lowest BCUT2D eigenvalue weighted by Crippen LogP contribution is -2.45. The summed E-state index contributed by atoms with van der Waals surface area (Å²) in [7, 11) is 0. The highest BCUT2D eigenvalue weighted by molar-refractivity contribution is 5.94. The Labute approximate surface area is 142 Å². The maximum atomic E-state index is 12.4. The zero-order valence-corrected chi connectivity index (χ0v) is 14.1. The number of Topliss-reactive ketones (excluding diaryl/α,β-unsaturated/α-hetero) is 1. The van der Waals surface area contributed by atoms with Crippen LogP contribution in [-0.2, 0) is 16.1 Å². The van der Waals surface area contributed by atoms with Crippen LogP contribution in [0.15, 0.2) is 24.3 Å². The summed E-state index contributed by atoms with van der Waals surface area (Å²) >= 11 is 0. The first-order valence-corrected chi connectivity index (χ1v) is 8.71. The molecule has 1 aliphatic heterocycles. The number of nitrogens with one attached hydrogen (secondary N) is 1. The second-order valence-electron chi connectivity index (χ2n) is 6.87. The smallest absolute Gasteiger partial charge is 0.225 e. The van der Waals surface area contributed by atoms with Crippen LogP contribution in [0, 0.1) is 11.8 Å². The van der Waals surface area contributed by atoms with E-state index < -0.39 is 0 Å². The molecule has 0 radical (unpaired) electrons. The maximum absolute atomic E-state index is 12.4. The van der Waals surface area contributed by atoms with Gasteiger partial charge in [0.05, 0.1) is 5.92 Å². The Morgan fingerprint density at radius 2 is 1.96 bits per heavy atom. The first-order valence-electron chi connectivity index (χ1n) is 8.71. The monoisotopic (exact) mass is 328 g/mol. The first-order chi connectivity index (χ1) is 11.5. The van der Waals surface area contributed by atoms with E-state index in [1.54, 1.807) is 6.07 Å². The van der Waals surface area contributed by atoms with Crippen molar-refractivity contribution in [2.24, 2.45) is 11.8 Å². The molecule has 0 aromatic heterocycles. The third-order valence-electron chi connectivity index (χ3n) is 4.83. The molecule has 0 spiro atoms. The molecule has 1 N–H and O–H groups in total. The van der Waals surface area contributed by atoms with E-state index in [2.05, 4.69) is 5.32 Å². The quantitative estimate of drug-likeness (QED) is 0.842. The van der Waals surface area contributed by atoms with E-state index in [0.29, 0.717) is 18.7 Å². The predicted molar refractivity (Wildman–Crippen MR) is 90.3 cm³/mol. The summed E-state index contributed by atoms with van der Waals surface area (Å²) in [6, 6.07) is 7.31. The largest absolute Gasteiger partial charge is 0.352 e. The molecule has 1 aromatic carbocycles. The van der Waals surface area contributed by atoms with E-state index in [9.17, 15) is 14.4 Å². The topological polar surface area (TPSA) is 66.5 Å². The molecule has 1 saturated carbocycles. The van der Waals surface area contributed by atoms with Gasteiger partial charge >= 0.3 is 0 Å². The van der Waals surface area contributed by atoms with Gasteiger partial charge in [0.2, 0.25) is 11.8 Å². The molecule has 1 heterocycles. The van der Waals surface area contributed by atoms with Crippen LogP contribution in [0.2, 0.25) is 0 Å². The number of benzene rings is 1. The number of likely N-dealkylation sites (tertiary alicyclic amines) is 1. The number of carbonyl (C=O) groups excluding carboxylic acids is 3. The Kier molecular flexibility index (Phi) is 4.97. The molecule has 1 saturated heterocycles. The van der Waals surface area contributed by atoms with E-state index in [1.165, 1.54) is 6.92 Å². The molecule has 128 valence electrons. The van der Waals surface area contributed by atoms with Gasteiger partial charge in [0, 0.05) is 31.1 Å². The van der Waals surface area contributed by atoms with Crippen LogP contribution in [0.5, 0.6) is 0 Å². The Bertz CT molecular complexity index is 652. The first kappa shape index (κ1) is 16.7. The minimum atomic E-state index is -0.127. The Morgan fingerprint density at radius 1 is 1.17 bits per heavy atom. The predicted octanol–water partition coefficient (Wildman–Crippen LogP) is 2.15. The fourth-order valence-corrected chi connectivity index (χ4v) is 3.21. The van der Waals surface area contributed by atoms with Crippen molar-refractivity contribution in [3.05, 3.63) is 35.4 Å². The van der Waals surface area contributed by atoms with Gasteiger partial charge in [0.1, 0.15) is 0 Å². The van der Waals surface area contributed by atoms with Gasteiger partial charge < -0.3 is 10.2 Å². The van der Waals surface area contributed by atoms with Crippen LogP contribution in [0.1, 0.15) is 48.5 Å². The molecule has 1 aliphatic carbocycles. The highest BCUT2D eigenvalue weighted by atomic mass is 16.2. The molecular formula is C19H24N2O3. The average Bonchev–Trinajstić information content (AvgIpc) is 3.44. The lowest BCUT2D eigenvalue weighted by molar-refractivity contribution is -0.136. The van der Waals surface area contributed by atoms with Crippen LogP contribution < -0.4 is 5.32 Å². The standard InChI is InChI=1S/C19H24N2O3/c1-13(22)16-5-2-4-14(10-16)11-20-18(23)17-6-3-9-21(12-17)19(24)15-7-8-15/h2,4-5,10,15,17H,3,6-9,11-12H2,1H3,(H,20,23). The van der Waals surface area contributed by atoms with E-state index >= 15 is 0 Å². The molecule has 24 heavy (non-hydrogen) atoms. The number of ketones is 1. The SMILES string of the molecule is CC(=O)c1cccc(CNC(=O)C2CCCN(C(=O)C3CC3)C2)c1. The maximum Gasteiger partial charge on any atom is 0.225 e. The van der Waals surface area contributed by atoms with Gasteiger partial charge in [-0.15, -0.1) is 0 Å². The molecule has 2 amide bonds. The summed E-state index contributed by atoms with van der Waals surface area (Å²) in [6.07, 6.45) is 3.71. The van der Waals surface area contributed by atoms with Crippen LogP contribution in [-0.4, -0.2) is 35.6 Å². The summed E-state index contributed by atoms with van der Waals surface area (Å²) in [4.78, 5) is 37.9. The highest BCUT2D eigenvalue weighted by Gasteiger charge is 2.36. The Balaban J connectivity index is 1.53. The fraction of sp³-hybridized carbons (Fsp3) is 0.526. The number of hydrogen-bond acceptors (Lipinski definition) is 3. The van der Waals surface area contributed by atoms with E-state index in [-0.39, 0.29) is 29.4 Å². The molecule has 5 heteroatoms. The van der Waals surface area contributed by atoms with Crippen molar-refractivity contribution in [3.8, 4) is 0 Å². The zero-order valence-electron chi connectivity index (χ0n) is 14.1. The lowest BCUT2D eigenvalue weighted by Gasteiger charge is -2.32. The molecule has 0 bridgehead atoms. The summed E-state index contributed by atoms with van der Waals surface area (Å²) < 4.78 is 0. The molecule has 1 unspecified atom stereocenters. The van der Waals surface area contributed by atoms with Crippen LogP contribution >= 0.6 is 0 Å². The number of hydrogen-bond donors (Lipinski definition) is 1. The summed E-state index contributed by atoms with van der Waals surface area (Å²) in [5.41, 5.74) is 1.57. The van der Waals surface area contributed by atoms with Crippen molar-refractivity contribution in [2.45, 2.75) is 39.2 Å². The van der Waals surface area contributed by atoms with Crippen LogP contribution in [0.3, 0.4) is 0 Å². The molecule has 3 rings (SSSR count). The van der Waals surface area contributed by atoms with Crippen molar-refractivity contribution >= 4 is 17.6 Å². The van der Waals surface area contributed by atoms with Crippen molar-refractivity contribution < 1.29 is 14.4 Å². The molecule has 1 atom stereocenters. The molecule has 5 nitrogen and oxygen atoms in total. The van der Waals surface area contributed by atoms with Gasteiger partial charge in [0.15, 0.2) is 5.78 Å². The highest BCUT2D eigenvalue weighted by Crippen LogP contribution is 2.32. The average molecular weight is 328 g/mol. The lowest BCUT2D eigenvalue weighted by atomic mass is 9.96. The van der Waals surface area contributed by atoms with Crippen LogP contribution in [0.4, 0.5) is 0 Å². The van der Waals surface area contributed by atoms with Gasteiger partial charge in [-0.2, -0.15) is 0 Å². The fourth-order valence-electron chi connectivity index (χ4n) is 3.21. The van der Waals surface area contributed by atoms with Gasteiger partial charge in [-0.3, -0.25) is 14.4 Å². The van der Waals surface area contributed by atoms with Gasteiger partial charge in [-0.25, -0.2) is 0 Å². The number of amides is 2. The second kappa shape index (κ2) is 7.16. The van der Waals surface area contributed by atoms with E-state index in [0.717, 1.165) is 37.8 Å². The zero-order chi connectivity index (χ0) is 17.1. The summed E-state index contributed by atoms with van der Waals surface area (Å²) in [5.74, 6) is 0.321. The van der Waals surface area contributed by atoms with Crippen LogP contribution in [0.25, 0.3) is 0 Å². The van der Waals surface area contributed by atoms with Gasteiger partial charge in [-0.1, -0.05) is 18.2 Å². The van der Waals surface area contributed by atoms with Crippen molar-refractivity contribution in [1.82, 2.24) is 10.2 Å². The van der Waals surface area contributed by atoms with Gasteiger partial charge in [-0.05, 0) is 44.2 Å². The van der Waals surface area contributed by atoms with Crippen molar-refractivity contribution in [2.75, 3.05) is 13.1 Å². The van der Waals surface area contributed by atoms with E-state index in [4.69, 9.17) is 0 Å². The molecular weight excluding hydrogens is 304 g/mol. The number of carbonyl (C=O) groups is 3. The Hall–Kier alpha value is -2.17. The molecule has 1 aromatic rings. The minimum absolute atomic E-state index is 0.00322. The van der Waals surface area contributed by atoms with Crippen molar-refractivity contribution in [3.63, 3.8) is 0 Å². The number of nitrogens with zero attached hydrogens (tertiary/aromatic N) is 1. The number of rotatable bonds is 5. The Morgan fingerprint density at radius 3 is 2.67 bits per heavy atom.